The lowest BCUT2D eigenvalue weighted by Crippen LogP contribution is -2.26. The molecule has 0 fully saturated rings. The van der Waals surface area contributed by atoms with Crippen LogP contribution in [0.4, 0.5) is 0 Å². The van der Waals surface area contributed by atoms with Gasteiger partial charge in [0.05, 0.1) is 3.79 Å². The number of hydrogen-bond donors (Lipinski definition) is 1. The molecule has 1 nitrogen and oxygen atoms in total. The van der Waals surface area contributed by atoms with Gasteiger partial charge in [0, 0.05) is 4.88 Å². The highest BCUT2D eigenvalue weighted by Crippen LogP contribution is 2.25. The van der Waals surface area contributed by atoms with Crippen LogP contribution in [0.15, 0.2) is 40.2 Å². The molecule has 2 rings (SSSR count). The molecule has 0 spiro atoms. The van der Waals surface area contributed by atoms with Crippen molar-refractivity contribution in [2.45, 2.75) is 33.1 Å². The number of hydrogen-bond acceptors (Lipinski definition) is 2. The monoisotopic (exact) mass is 365 g/mol. The van der Waals surface area contributed by atoms with Crippen molar-refractivity contribution in [3.05, 3.63) is 56.2 Å². The van der Waals surface area contributed by atoms with E-state index in [1.807, 2.05) is 11.3 Å². The smallest absolute Gasteiger partial charge is 0.0701 e. The Hall–Kier alpha value is -0.640. The molecular formula is C18H24BrNS. The van der Waals surface area contributed by atoms with E-state index in [-0.39, 0.29) is 0 Å². The maximum atomic E-state index is 3.59. The van der Waals surface area contributed by atoms with E-state index < -0.39 is 0 Å². The van der Waals surface area contributed by atoms with E-state index in [9.17, 15) is 0 Å². The molecule has 114 valence electrons. The van der Waals surface area contributed by atoms with E-state index in [0.717, 1.165) is 25.9 Å². The average molecular weight is 366 g/mol. The zero-order valence-electron chi connectivity index (χ0n) is 12.9. The van der Waals surface area contributed by atoms with Crippen LogP contribution in [0.25, 0.3) is 0 Å². The van der Waals surface area contributed by atoms with Gasteiger partial charge in [-0.3, -0.25) is 0 Å². The first-order valence-electron chi connectivity index (χ1n) is 7.68. The summed E-state index contributed by atoms with van der Waals surface area (Å²) in [6, 6.07) is 13.4. The molecule has 1 aromatic carbocycles. The second kappa shape index (κ2) is 8.72. The molecule has 1 N–H and O–H groups in total. The Morgan fingerprint density at radius 1 is 1.10 bits per heavy atom. The second-order valence-electron chi connectivity index (χ2n) is 5.67. The molecule has 1 unspecified atom stereocenters. The normalized spacial score (nSPS) is 12.5. The number of halogens is 1. The number of rotatable bonds is 8. The first kappa shape index (κ1) is 16.7. The quantitative estimate of drug-likeness (QED) is 0.632. The fraction of sp³-hybridized carbons (Fsp3) is 0.444. The Morgan fingerprint density at radius 2 is 1.86 bits per heavy atom. The van der Waals surface area contributed by atoms with Crippen molar-refractivity contribution in [2.75, 3.05) is 13.1 Å². The van der Waals surface area contributed by atoms with Gasteiger partial charge >= 0.3 is 0 Å². The van der Waals surface area contributed by atoms with Gasteiger partial charge in [0.25, 0.3) is 0 Å². The molecule has 0 aliphatic carbocycles. The van der Waals surface area contributed by atoms with E-state index in [2.05, 4.69) is 71.5 Å². The predicted molar refractivity (Wildman–Crippen MR) is 97.3 cm³/mol. The fourth-order valence-corrected chi connectivity index (χ4v) is 4.10. The molecule has 21 heavy (non-hydrogen) atoms. The van der Waals surface area contributed by atoms with Crippen LogP contribution < -0.4 is 5.32 Å². The maximum Gasteiger partial charge on any atom is 0.0701 e. The molecule has 0 aliphatic heterocycles. The third-order valence-corrected chi connectivity index (χ3v) is 5.27. The summed E-state index contributed by atoms with van der Waals surface area (Å²) >= 11 is 5.42. The lowest BCUT2D eigenvalue weighted by atomic mass is 9.95. The van der Waals surface area contributed by atoms with Crippen LogP contribution in [-0.4, -0.2) is 13.1 Å². The number of benzene rings is 1. The topological polar surface area (TPSA) is 12.0 Å². The Labute approximate surface area is 140 Å². The number of nitrogens with one attached hydrogen (secondary N) is 1. The van der Waals surface area contributed by atoms with Crippen LogP contribution in [0.2, 0.25) is 0 Å². The SMILES string of the molecule is CCCNCC(Cc1ccc(C)cc1)Cc1ccc(Br)s1. The van der Waals surface area contributed by atoms with Crippen molar-refractivity contribution in [3.8, 4) is 0 Å². The van der Waals surface area contributed by atoms with Gasteiger partial charge < -0.3 is 5.32 Å². The predicted octanol–water partition coefficient (Wildman–Crippen LogP) is 5.22. The Balaban J connectivity index is 1.98. The van der Waals surface area contributed by atoms with Crippen molar-refractivity contribution >= 4 is 27.3 Å². The molecule has 3 heteroatoms. The Morgan fingerprint density at radius 3 is 2.48 bits per heavy atom. The standard InChI is InChI=1S/C18H24BrNS/c1-3-10-20-13-16(12-17-8-9-18(19)21-17)11-15-6-4-14(2)5-7-15/h4-9,16,20H,3,10-13H2,1-2H3. The highest BCUT2D eigenvalue weighted by atomic mass is 79.9. The van der Waals surface area contributed by atoms with Gasteiger partial charge in [-0.2, -0.15) is 0 Å². The molecule has 0 saturated carbocycles. The Bertz CT molecular complexity index is 532. The van der Waals surface area contributed by atoms with Crippen LogP contribution in [0.5, 0.6) is 0 Å². The average Bonchev–Trinajstić information content (AvgIpc) is 2.87. The van der Waals surface area contributed by atoms with Crippen molar-refractivity contribution in [1.29, 1.82) is 0 Å². The minimum atomic E-state index is 0.657. The summed E-state index contributed by atoms with van der Waals surface area (Å²) < 4.78 is 1.23. The molecule has 1 atom stereocenters. The lowest BCUT2D eigenvalue weighted by Gasteiger charge is -2.17. The van der Waals surface area contributed by atoms with E-state index in [1.54, 1.807) is 0 Å². The molecule has 1 heterocycles. The summed E-state index contributed by atoms with van der Waals surface area (Å²) in [6.45, 7) is 6.57. The molecule has 2 aromatic rings. The lowest BCUT2D eigenvalue weighted by molar-refractivity contribution is 0.473. The first-order valence-corrected chi connectivity index (χ1v) is 9.28. The minimum Gasteiger partial charge on any atom is -0.316 e. The second-order valence-corrected chi connectivity index (χ2v) is 8.22. The highest BCUT2D eigenvalue weighted by Gasteiger charge is 2.12. The first-order chi connectivity index (χ1) is 10.2. The van der Waals surface area contributed by atoms with Gasteiger partial charge in [0.2, 0.25) is 0 Å². The van der Waals surface area contributed by atoms with E-state index in [0.29, 0.717) is 5.92 Å². The van der Waals surface area contributed by atoms with Gasteiger partial charge in [-0.05, 0) is 78.8 Å². The highest BCUT2D eigenvalue weighted by molar-refractivity contribution is 9.11. The van der Waals surface area contributed by atoms with Gasteiger partial charge in [-0.25, -0.2) is 0 Å². The van der Waals surface area contributed by atoms with Gasteiger partial charge in [0.1, 0.15) is 0 Å². The van der Waals surface area contributed by atoms with E-state index in [4.69, 9.17) is 0 Å². The third kappa shape index (κ3) is 5.93. The van der Waals surface area contributed by atoms with Crippen molar-refractivity contribution in [2.24, 2.45) is 5.92 Å². The number of aryl methyl sites for hydroxylation is 1. The molecule has 0 saturated heterocycles. The van der Waals surface area contributed by atoms with Crippen LogP contribution >= 0.6 is 27.3 Å². The molecule has 0 amide bonds. The van der Waals surface area contributed by atoms with Gasteiger partial charge in [0.15, 0.2) is 0 Å². The fourth-order valence-electron chi connectivity index (χ4n) is 2.50. The summed E-state index contributed by atoms with van der Waals surface area (Å²) in [5, 5.41) is 3.59. The summed E-state index contributed by atoms with van der Waals surface area (Å²) in [5.74, 6) is 0.657. The summed E-state index contributed by atoms with van der Waals surface area (Å²) in [5.41, 5.74) is 2.78. The largest absolute Gasteiger partial charge is 0.316 e. The van der Waals surface area contributed by atoms with Crippen LogP contribution in [-0.2, 0) is 12.8 Å². The van der Waals surface area contributed by atoms with E-state index in [1.165, 1.54) is 26.2 Å². The summed E-state index contributed by atoms with van der Waals surface area (Å²) in [6.07, 6.45) is 3.50. The van der Waals surface area contributed by atoms with Crippen LogP contribution in [0.1, 0.15) is 29.3 Å². The van der Waals surface area contributed by atoms with Crippen molar-refractivity contribution in [3.63, 3.8) is 0 Å². The van der Waals surface area contributed by atoms with Crippen LogP contribution in [0, 0.1) is 12.8 Å². The minimum absolute atomic E-state index is 0.657. The summed E-state index contributed by atoms with van der Waals surface area (Å²) in [4.78, 5) is 1.47. The zero-order chi connectivity index (χ0) is 15.1. The number of thiophene rings is 1. The molecule has 0 radical (unpaired) electrons. The zero-order valence-corrected chi connectivity index (χ0v) is 15.3. The van der Waals surface area contributed by atoms with E-state index >= 15 is 0 Å². The van der Waals surface area contributed by atoms with Crippen LogP contribution in [0.3, 0.4) is 0 Å². The molecular weight excluding hydrogens is 342 g/mol. The molecule has 1 aromatic heterocycles. The maximum absolute atomic E-state index is 3.59. The van der Waals surface area contributed by atoms with Crippen molar-refractivity contribution in [1.82, 2.24) is 5.32 Å². The third-order valence-electron chi connectivity index (χ3n) is 3.62. The summed E-state index contributed by atoms with van der Waals surface area (Å²) in [7, 11) is 0. The molecule has 0 bridgehead atoms. The van der Waals surface area contributed by atoms with Gasteiger partial charge in [-0.15, -0.1) is 11.3 Å². The Kier molecular flexibility index (Phi) is 6.94. The van der Waals surface area contributed by atoms with Crippen molar-refractivity contribution < 1.29 is 0 Å². The molecule has 0 aliphatic rings. The van der Waals surface area contributed by atoms with Gasteiger partial charge in [-0.1, -0.05) is 36.8 Å².